The number of carbonyl (C=O) groups excluding carboxylic acids is 1. The minimum absolute atomic E-state index is 0.104. The second-order valence-corrected chi connectivity index (χ2v) is 5.19. The number of esters is 1. The quantitative estimate of drug-likeness (QED) is 0.675. The van der Waals surface area contributed by atoms with Crippen molar-refractivity contribution < 1.29 is 18.3 Å². The van der Waals surface area contributed by atoms with Crippen molar-refractivity contribution in [1.82, 2.24) is 9.78 Å². The number of benzene rings is 1. The van der Waals surface area contributed by atoms with E-state index in [1.165, 1.54) is 0 Å². The van der Waals surface area contributed by atoms with Crippen molar-refractivity contribution in [2.45, 2.75) is 13.5 Å². The monoisotopic (exact) mass is 359 g/mol. The number of ether oxygens (including phenoxy) is 1. The molecule has 1 aromatic carbocycles. The molecule has 0 atom stereocenters. The molecule has 0 aliphatic carbocycles. The van der Waals surface area contributed by atoms with Gasteiger partial charge < -0.3 is 10.5 Å². The lowest BCUT2D eigenvalue weighted by molar-refractivity contribution is 0.0457. The second kappa shape index (κ2) is 5.80. The van der Waals surface area contributed by atoms with Crippen LogP contribution in [-0.4, -0.2) is 15.7 Å². The fraction of sp³-hybridized carbons (Fsp3) is 0.231. The van der Waals surface area contributed by atoms with E-state index in [4.69, 9.17) is 10.5 Å². The standard InChI is InChI=1S/C13H12BrF2N3O2/c1-6-12(14)11(19(2)18-6)5-21-13(20)7-3-10(17)9(16)4-8(7)15/h3-4H,5,17H2,1-2H3. The van der Waals surface area contributed by atoms with E-state index in [1.807, 2.05) is 0 Å². The van der Waals surface area contributed by atoms with E-state index in [0.717, 1.165) is 11.8 Å². The Bertz CT molecular complexity index is 716. The van der Waals surface area contributed by atoms with Crippen molar-refractivity contribution in [1.29, 1.82) is 0 Å². The summed E-state index contributed by atoms with van der Waals surface area (Å²) >= 11 is 3.32. The fourth-order valence-corrected chi connectivity index (χ4v) is 2.22. The molecule has 112 valence electrons. The lowest BCUT2D eigenvalue weighted by Gasteiger charge is -2.07. The van der Waals surface area contributed by atoms with Gasteiger partial charge in [-0.3, -0.25) is 4.68 Å². The molecule has 0 amide bonds. The number of nitrogens with zero attached hydrogens (tertiary/aromatic N) is 2. The number of nitrogen functional groups attached to an aromatic ring is 1. The van der Waals surface area contributed by atoms with Gasteiger partial charge in [-0.1, -0.05) is 0 Å². The number of carbonyl (C=O) groups is 1. The predicted molar refractivity (Wildman–Crippen MR) is 75.5 cm³/mol. The molecular weight excluding hydrogens is 348 g/mol. The predicted octanol–water partition coefficient (Wildman–Crippen LogP) is 2.71. The zero-order valence-corrected chi connectivity index (χ0v) is 12.9. The van der Waals surface area contributed by atoms with Crippen molar-refractivity contribution >= 4 is 27.6 Å². The number of rotatable bonds is 3. The highest BCUT2D eigenvalue weighted by molar-refractivity contribution is 9.10. The molecule has 0 bridgehead atoms. The number of nitrogens with two attached hydrogens (primary N) is 1. The first-order valence-corrected chi connectivity index (χ1v) is 6.70. The highest BCUT2D eigenvalue weighted by atomic mass is 79.9. The molecule has 21 heavy (non-hydrogen) atoms. The largest absolute Gasteiger partial charge is 0.455 e. The van der Waals surface area contributed by atoms with Gasteiger partial charge >= 0.3 is 5.97 Å². The molecule has 0 saturated heterocycles. The van der Waals surface area contributed by atoms with Crippen LogP contribution in [0.5, 0.6) is 0 Å². The molecule has 1 heterocycles. The average molecular weight is 360 g/mol. The zero-order valence-electron chi connectivity index (χ0n) is 11.3. The van der Waals surface area contributed by atoms with Crippen molar-refractivity contribution in [3.8, 4) is 0 Å². The van der Waals surface area contributed by atoms with Gasteiger partial charge in [0, 0.05) is 13.1 Å². The number of hydrogen-bond acceptors (Lipinski definition) is 4. The summed E-state index contributed by atoms with van der Waals surface area (Å²) in [6.07, 6.45) is 0. The van der Waals surface area contributed by atoms with Gasteiger partial charge in [-0.15, -0.1) is 0 Å². The first kappa shape index (κ1) is 15.4. The Morgan fingerprint density at radius 3 is 2.67 bits per heavy atom. The van der Waals surface area contributed by atoms with Gasteiger partial charge in [0.2, 0.25) is 0 Å². The molecule has 0 aliphatic rings. The van der Waals surface area contributed by atoms with Gasteiger partial charge in [-0.25, -0.2) is 13.6 Å². The lowest BCUT2D eigenvalue weighted by atomic mass is 10.2. The third-order valence-corrected chi connectivity index (χ3v) is 3.94. The van der Waals surface area contributed by atoms with Crippen molar-refractivity contribution in [2.24, 2.45) is 7.05 Å². The summed E-state index contributed by atoms with van der Waals surface area (Å²) in [6, 6.07) is 1.46. The maximum Gasteiger partial charge on any atom is 0.341 e. The molecular formula is C13H12BrF2N3O2. The molecule has 0 saturated carbocycles. The molecule has 8 heteroatoms. The Hall–Kier alpha value is -1.96. The Balaban J connectivity index is 2.17. The molecule has 2 N–H and O–H groups in total. The van der Waals surface area contributed by atoms with E-state index >= 15 is 0 Å². The van der Waals surface area contributed by atoms with Crippen LogP contribution in [0.15, 0.2) is 16.6 Å². The summed E-state index contributed by atoms with van der Waals surface area (Å²) in [5, 5.41) is 4.14. The summed E-state index contributed by atoms with van der Waals surface area (Å²) < 4.78 is 33.9. The van der Waals surface area contributed by atoms with Gasteiger partial charge in [0.25, 0.3) is 0 Å². The molecule has 2 aromatic rings. The van der Waals surface area contributed by atoms with Crippen LogP contribution in [0.3, 0.4) is 0 Å². The molecule has 5 nitrogen and oxygen atoms in total. The number of hydrogen-bond donors (Lipinski definition) is 1. The average Bonchev–Trinajstić information content (AvgIpc) is 2.65. The topological polar surface area (TPSA) is 70.1 Å². The molecule has 0 spiro atoms. The molecule has 2 rings (SSSR count). The summed E-state index contributed by atoms with van der Waals surface area (Å²) in [6.45, 7) is 1.68. The van der Waals surface area contributed by atoms with E-state index in [2.05, 4.69) is 21.0 Å². The maximum absolute atomic E-state index is 13.5. The summed E-state index contributed by atoms with van der Waals surface area (Å²) in [5.74, 6) is -2.87. The number of aryl methyl sites for hydroxylation is 2. The van der Waals surface area contributed by atoms with Crippen molar-refractivity contribution in [3.05, 3.63) is 45.2 Å². The second-order valence-electron chi connectivity index (χ2n) is 4.40. The first-order chi connectivity index (χ1) is 9.81. The summed E-state index contributed by atoms with van der Waals surface area (Å²) in [7, 11) is 1.69. The first-order valence-electron chi connectivity index (χ1n) is 5.91. The molecule has 0 fully saturated rings. The highest BCUT2D eigenvalue weighted by Crippen LogP contribution is 2.22. The van der Waals surface area contributed by atoms with E-state index in [-0.39, 0.29) is 12.3 Å². The van der Waals surface area contributed by atoms with E-state index < -0.39 is 23.2 Å². The van der Waals surface area contributed by atoms with E-state index in [0.29, 0.717) is 16.2 Å². The molecule has 0 unspecified atom stereocenters. The van der Waals surface area contributed by atoms with Crippen LogP contribution in [0.1, 0.15) is 21.7 Å². The number of aromatic nitrogens is 2. The van der Waals surface area contributed by atoms with Gasteiger partial charge in [0.05, 0.1) is 27.1 Å². The van der Waals surface area contributed by atoms with Gasteiger partial charge in [0.1, 0.15) is 18.2 Å². The maximum atomic E-state index is 13.5. The fourth-order valence-electron chi connectivity index (χ4n) is 1.77. The van der Waals surface area contributed by atoms with Gasteiger partial charge in [-0.05, 0) is 28.9 Å². The van der Waals surface area contributed by atoms with Crippen LogP contribution in [0.4, 0.5) is 14.5 Å². The van der Waals surface area contributed by atoms with E-state index in [1.54, 1.807) is 18.7 Å². The molecule has 0 aliphatic heterocycles. The Morgan fingerprint density at radius 2 is 2.10 bits per heavy atom. The Labute approximate surface area is 127 Å². The Morgan fingerprint density at radius 1 is 1.43 bits per heavy atom. The Kier molecular flexibility index (Phi) is 4.26. The smallest absolute Gasteiger partial charge is 0.341 e. The SMILES string of the molecule is Cc1nn(C)c(COC(=O)c2cc(N)c(F)cc2F)c1Br. The minimum Gasteiger partial charge on any atom is -0.455 e. The van der Waals surface area contributed by atoms with Crippen LogP contribution in [-0.2, 0) is 18.4 Å². The normalized spacial score (nSPS) is 10.7. The minimum atomic E-state index is -1.02. The van der Waals surface area contributed by atoms with Crippen LogP contribution < -0.4 is 5.73 Å². The molecule has 1 aromatic heterocycles. The van der Waals surface area contributed by atoms with Gasteiger partial charge in [-0.2, -0.15) is 5.10 Å². The highest BCUT2D eigenvalue weighted by Gasteiger charge is 2.18. The number of halogens is 3. The van der Waals surface area contributed by atoms with Crippen LogP contribution in [0.25, 0.3) is 0 Å². The third kappa shape index (κ3) is 3.05. The van der Waals surface area contributed by atoms with Crippen LogP contribution in [0, 0.1) is 18.6 Å². The zero-order chi connectivity index (χ0) is 15.7. The molecule has 0 radical (unpaired) electrons. The van der Waals surface area contributed by atoms with Crippen LogP contribution >= 0.6 is 15.9 Å². The van der Waals surface area contributed by atoms with Crippen molar-refractivity contribution in [3.63, 3.8) is 0 Å². The van der Waals surface area contributed by atoms with Crippen LogP contribution in [0.2, 0.25) is 0 Å². The van der Waals surface area contributed by atoms with E-state index in [9.17, 15) is 13.6 Å². The summed E-state index contributed by atoms with van der Waals surface area (Å²) in [5.41, 5.74) is 5.94. The third-order valence-electron chi connectivity index (χ3n) is 2.91. The van der Waals surface area contributed by atoms with Crippen molar-refractivity contribution in [2.75, 3.05) is 5.73 Å². The summed E-state index contributed by atoms with van der Waals surface area (Å²) in [4.78, 5) is 11.8. The lowest BCUT2D eigenvalue weighted by Crippen LogP contribution is -2.11. The number of anilines is 1. The van der Waals surface area contributed by atoms with Gasteiger partial charge in [0.15, 0.2) is 0 Å².